The van der Waals surface area contributed by atoms with Crippen LogP contribution in [0.15, 0.2) is 47.6 Å². The first kappa shape index (κ1) is 14.7. The molecule has 2 aromatic rings. The maximum Gasteiger partial charge on any atom is 0.170 e. The third-order valence-corrected chi connectivity index (χ3v) is 3.20. The number of rotatable bonds is 5. The van der Waals surface area contributed by atoms with Crippen molar-refractivity contribution in [2.45, 2.75) is 13.5 Å². The largest absolute Gasteiger partial charge is 0.495 e. The number of aryl methyl sites for hydroxylation is 1. The first-order chi connectivity index (χ1) is 10.1. The van der Waals surface area contributed by atoms with E-state index in [1.54, 1.807) is 7.11 Å². The molecule has 0 spiro atoms. The van der Waals surface area contributed by atoms with E-state index in [-0.39, 0.29) is 5.84 Å². The van der Waals surface area contributed by atoms with E-state index in [1.165, 1.54) is 5.56 Å². The van der Waals surface area contributed by atoms with Gasteiger partial charge < -0.3 is 21.0 Å². The van der Waals surface area contributed by atoms with Crippen LogP contribution < -0.4 is 15.8 Å². The molecule has 5 nitrogen and oxygen atoms in total. The fraction of sp³-hybridized carbons (Fsp3) is 0.188. The van der Waals surface area contributed by atoms with Gasteiger partial charge in [-0.1, -0.05) is 35.5 Å². The highest BCUT2D eigenvalue weighted by Crippen LogP contribution is 2.25. The second-order valence-electron chi connectivity index (χ2n) is 4.74. The molecule has 0 amide bonds. The van der Waals surface area contributed by atoms with Gasteiger partial charge in [-0.25, -0.2) is 0 Å². The van der Waals surface area contributed by atoms with E-state index in [9.17, 15) is 0 Å². The summed E-state index contributed by atoms with van der Waals surface area (Å²) in [5.41, 5.74) is 9.44. The number of methoxy groups -OCH3 is 1. The van der Waals surface area contributed by atoms with Crippen molar-refractivity contribution in [2.75, 3.05) is 12.4 Å². The Hall–Kier alpha value is -2.69. The number of oxime groups is 1. The summed E-state index contributed by atoms with van der Waals surface area (Å²) in [7, 11) is 1.65. The van der Waals surface area contributed by atoms with Crippen LogP contribution >= 0.6 is 0 Å². The van der Waals surface area contributed by atoms with Gasteiger partial charge in [-0.15, -0.1) is 0 Å². The van der Waals surface area contributed by atoms with Gasteiger partial charge in [0, 0.05) is 12.1 Å². The lowest BCUT2D eigenvalue weighted by molar-refractivity contribution is 0.318. The molecule has 110 valence electrons. The number of hydrogen-bond acceptors (Lipinski definition) is 4. The van der Waals surface area contributed by atoms with Gasteiger partial charge in [0.15, 0.2) is 5.84 Å². The van der Waals surface area contributed by atoms with Gasteiger partial charge in [-0.3, -0.25) is 0 Å². The molecule has 0 aromatic heterocycles. The molecule has 0 aliphatic carbocycles. The smallest absolute Gasteiger partial charge is 0.170 e. The highest BCUT2D eigenvalue weighted by molar-refractivity contribution is 5.96. The minimum atomic E-state index is 0.106. The van der Waals surface area contributed by atoms with Crippen LogP contribution in [0.5, 0.6) is 5.75 Å². The average molecular weight is 285 g/mol. The summed E-state index contributed by atoms with van der Waals surface area (Å²) >= 11 is 0. The Labute approximate surface area is 124 Å². The fourth-order valence-electron chi connectivity index (χ4n) is 2.01. The predicted molar refractivity (Wildman–Crippen MR) is 84.0 cm³/mol. The summed E-state index contributed by atoms with van der Waals surface area (Å²) in [5.74, 6) is 0.920. The zero-order valence-electron chi connectivity index (χ0n) is 12.1. The number of anilines is 1. The maximum absolute atomic E-state index is 8.63. The maximum atomic E-state index is 8.63. The molecule has 21 heavy (non-hydrogen) atoms. The van der Waals surface area contributed by atoms with Crippen LogP contribution in [-0.2, 0) is 6.54 Å². The molecule has 0 aliphatic rings. The summed E-state index contributed by atoms with van der Waals surface area (Å²) in [5, 5.41) is 15.0. The second kappa shape index (κ2) is 6.65. The molecule has 0 unspecified atom stereocenters. The number of nitrogens with zero attached hydrogens (tertiary/aromatic N) is 1. The Morgan fingerprint density at radius 1 is 1.24 bits per heavy atom. The Kier molecular flexibility index (Phi) is 4.66. The van der Waals surface area contributed by atoms with Crippen LogP contribution in [0, 0.1) is 6.92 Å². The van der Waals surface area contributed by atoms with E-state index in [1.807, 2.05) is 49.4 Å². The van der Waals surface area contributed by atoms with Gasteiger partial charge in [-0.2, -0.15) is 0 Å². The molecule has 0 bridgehead atoms. The molecule has 4 N–H and O–H groups in total. The van der Waals surface area contributed by atoms with Crippen molar-refractivity contribution in [3.63, 3.8) is 0 Å². The number of amidine groups is 1. The fourth-order valence-corrected chi connectivity index (χ4v) is 2.01. The molecule has 0 heterocycles. The van der Waals surface area contributed by atoms with Gasteiger partial charge in [0.05, 0.1) is 12.8 Å². The molecule has 0 saturated carbocycles. The summed E-state index contributed by atoms with van der Waals surface area (Å²) in [6.45, 7) is 2.70. The quantitative estimate of drug-likeness (QED) is 0.341. The summed E-state index contributed by atoms with van der Waals surface area (Å²) in [4.78, 5) is 0. The molecular weight excluding hydrogens is 266 g/mol. The number of ether oxygens (including phenoxy) is 1. The van der Waals surface area contributed by atoms with Crippen LogP contribution in [0.2, 0.25) is 0 Å². The lowest BCUT2D eigenvalue weighted by Gasteiger charge is -2.12. The third kappa shape index (κ3) is 3.66. The molecular formula is C16H19N3O2. The first-order valence-corrected chi connectivity index (χ1v) is 6.59. The Morgan fingerprint density at radius 2 is 1.95 bits per heavy atom. The molecule has 0 fully saturated rings. The predicted octanol–water partition coefficient (Wildman–Crippen LogP) is 2.71. The van der Waals surface area contributed by atoms with Crippen LogP contribution in [0.25, 0.3) is 0 Å². The number of nitrogens with two attached hydrogens (primary N) is 1. The zero-order valence-corrected chi connectivity index (χ0v) is 12.1. The van der Waals surface area contributed by atoms with Crippen LogP contribution in [0.1, 0.15) is 16.7 Å². The molecule has 0 radical (unpaired) electrons. The Balaban J connectivity index is 2.08. The third-order valence-electron chi connectivity index (χ3n) is 3.20. The van der Waals surface area contributed by atoms with Crippen LogP contribution in [-0.4, -0.2) is 18.2 Å². The Morgan fingerprint density at radius 3 is 2.57 bits per heavy atom. The monoisotopic (exact) mass is 285 g/mol. The summed E-state index contributed by atoms with van der Waals surface area (Å²) < 4.78 is 5.33. The normalized spacial score (nSPS) is 11.2. The van der Waals surface area contributed by atoms with Crippen LogP contribution in [0.4, 0.5) is 5.69 Å². The zero-order chi connectivity index (χ0) is 15.2. The summed E-state index contributed by atoms with van der Waals surface area (Å²) in [6, 6.07) is 13.5. The lowest BCUT2D eigenvalue weighted by Crippen LogP contribution is -2.13. The highest BCUT2D eigenvalue weighted by atomic mass is 16.5. The Bertz CT molecular complexity index is 636. The van der Waals surface area contributed by atoms with E-state index in [0.29, 0.717) is 12.1 Å². The topological polar surface area (TPSA) is 79.9 Å². The molecule has 2 aromatic carbocycles. The highest BCUT2D eigenvalue weighted by Gasteiger charge is 2.03. The number of hydrogen-bond donors (Lipinski definition) is 3. The molecule has 2 rings (SSSR count). The molecule has 0 atom stereocenters. The van der Waals surface area contributed by atoms with Crippen molar-refractivity contribution in [2.24, 2.45) is 10.9 Å². The van der Waals surface area contributed by atoms with Crippen molar-refractivity contribution in [3.05, 3.63) is 59.2 Å². The van der Waals surface area contributed by atoms with E-state index in [0.717, 1.165) is 17.0 Å². The van der Waals surface area contributed by atoms with E-state index < -0.39 is 0 Å². The second-order valence-corrected chi connectivity index (χ2v) is 4.74. The average Bonchev–Trinajstić information content (AvgIpc) is 2.52. The van der Waals surface area contributed by atoms with E-state index in [2.05, 4.69) is 10.5 Å². The number of benzene rings is 2. The standard InChI is InChI=1S/C16H19N3O2/c1-11-3-8-15(21-2)14(9-11)18-10-12-4-6-13(7-5-12)16(17)19-20/h3-9,18,20H,10H2,1-2H3,(H2,17,19). The number of nitrogens with one attached hydrogen (secondary N) is 1. The van der Waals surface area contributed by atoms with Crippen molar-refractivity contribution in [3.8, 4) is 5.75 Å². The lowest BCUT2D eigenvalue weighted by atomic mass is 10.1. The van der Waals surface area contributed by atoms with Crippen molar-refractivity contribution >= 4 is 11.5 Å². The van der Waals surface area contributed by atoms with Crippen LogP contribution in [0.3, 0.4) is 0 Å². The van der Waals surface area contributed by atoms with Gasteiger partial charge in [0.25, 0.3) is 0 Å². The van der Waals surface area contributed by atoms with Crippen molar-refractivity contribution < 1.29 is 9.94 Å². The minimum absolute atomic E-state index is 0.106. The molecule has 0 saturated heterocycles. The molecule has 5 heteroatoms. The summed E-state index contributed by atoms with van der Waals surface area (Å²) in [6.07, 6.45) is 0. The van der Waals surface area contributed by atoms with E-state index in [4.69, 9.17) is 15.7 Å². The first-order valence-electron chi connectivity index (χ1n) is 6.59. The van der Waals surface area contributed by atoms with Gasteiger partial charge in [-0.05, 0) is 30.2 Å². The van der Waals surface area contributed by atoms with Crippen molar-refractivity contribution in [1.29, 1.82) is 0 Å². The SMILES string of the molecule is COc1ccc(C)cc1NCc1ccc(C(N)=NO)cc1. The van der Waals surface area contributed by atoms with Gasteiger partial charge in [0.1, 0.15) is 5.75 Å². The van der Waals surface area contributed by atoms with Gasteiger partial charge in [0.2, 0.25) is 0 Å². The molecule has 0 aliphatic heterocycles. The van der Waals surface area contributed by atoms with Crippen molar-refractivity contribution in [1.82, 2.24) is 0 Å². The minimum Gasteiger partial charge on any atom is -0.495 e. The van der Waals surface area contributed by atoms with Gasteiger partial charge >= 0.3 is 0 Å². The van der Waals surface area contributed by atoms with E-state index >= 15 is 0 Å².